The Morgan fingerprint density at radius 2 is 2.05 bits per heavy atom. The number of nitrogens with one attached hydrogen (secondary N) is 1. The number of rotatable bonds is 5. The van der Waals surface area contributed by atoms with Crippen LogP contribution in [0.3, 0.4) is 0 Å². The Morgan fingerprint density at radius 1 is 1.43 bits per heavy atom. The first kappa shape index (κ1) is 17.5. The molecule has 0 aliphatic carbocycles. The monoisotopic (exact) mass is 296 g/mol. The quantitative estimate of drug-likeness (QED) is 0.869. The summed E-state index contributed by atoms with van der Waals surface area (Å²) in [6.07, 6.45) is 0.253. The van der Waals surface area contributed by atoms with Crippen LogP contribution in [0.5, 0.6) is 0 Å². The summed E-state index contributed by atoms with van der Waals surface area (Å²) in [5.74, 6) is 0. The van der Waals surface area contributed by atoms with Crippen LogP contribution in [0, 0.1) is 13.8 Å². The molecule has 1 unspecified atom stereocenters. The Morgan fingerprint density at radius 3 is 2.52 bits per heavy atom. The van der Waals surface area contributed by atoms with Crippen LogP contribution in [0.15, 0.2) is 0 Å². The van der Waals surface area contributed by atoms with E-state index in [0.29, 0.717) is 13.0 Å². The first-order chi connectivity index (χ1) is 9.64. The second-order valence-corrected chi connectivity index (χ2v) is 6.31. The van der Waals surface area contributed by atoms with Gasteiger partial charge in [0.15, 0.2) is 0 Å². The van der Waals surface area contributed by atoms with E-state index in [1.807, 2.05) is 39.3 Å². The second-order valence-electron chi connectivity index (χ2n) is 6.31. The number of alkyl carbamates (subject to hydrolysis) is 1. The predicted molar refractivity (Wildman–Crippen MR) is 83.3 cm³/mol. The van der Waals surface area contributed by atoms with Gasteiger partial charge in [-0.25, -0.2) is 4.79 Å². The molecule has 0 fully saturated rings. The Balaban J connectivity index is 2.53. The topological polar surface area (TPSA) is 82.2 Å². The van der Waals surface area contributed by atoms with Crippen LogP contribution >= 0.6 is 0 Å². The van der Waals surface area contributed by atoms with Crippen molar-refractivity contribution in [1.29, 1.82) is 0 Å². The molecule has 0 aromatic carbocycles. The molecule has 6 heteroatoms. The Kier molecular flexibility index (Phi) is 5.78. The second kappa shape index (κ2) is 6.93. The van der Waals surface area contributed by atoms with Crippen molar-refractivity contribution >= 4 is 6.09 Å². The third-order valence-corrected chi connectivity index (χ3v) is 3.20. The van der Waals surface area contributed by atoms with E-state index in [1.165, 1.54) is 0 Å². The fourth-order valence-corrected chi connectivity index (χ4v) is 2.20. The number of nitrogens with zero attached hydrogens (tertiary/aromatic N) is 2. The zero-order valence-electron chi connectivity index (χ0n) is 14.0. The van der Waals surface area contributed by atoms with Gasteiger partial charge in [-0.15, -0.1) is 0 Å². The van der Waals surface area contributed by atoms with Crippen LogP contribution in [0.25, 0.3) is 0 Å². The molecule has 120 valence electrons. The Labute approximate surface area is 127 Å². The maximum atomic E-state index is 11.6. The summed E-state index contributed by atoms with van der Waals surface area (Å²) in [4.78, 5) is 11.6. The lowest BCUT2D eigenvalue weighted by atomic mass is 10.0. The number of carbonyl (C=O) groups is 1. The molecule has 1 amide bonds. The summed E-state index contributed by atoms with van der Waals surface area (Å²) < 4.78 is 7.16. The third kappa shape index (κ3) is 5.38. The van der Waals surface area contributed by atoms with Gasteiger partial charge in [-0.05, 0) is 53.5 Å². The largest absolute Gasteiger partial charge is 0.444 e. The van der Waals surface area contributed by atoms with Gasteiger partial charge in [0, 0.05) is 24.8 Å². The van der Waals surface area contributed by atoms with Crippen LogP contribution < -0.4 is 11.1 Å². The smallest absolute Gasteiger partial charge is 0.407 e. The van der Waals surface area contributed by atoms with Gasteiger partial charge >= 0.3 is 6.09 Å². The summed E-state index contributed by atoms with van der Waals surface area (Å²) in [6, 6.07) is -0.163. The molecule has 0 bridgehead atoms. The minimum atomic E-state index is -0.496. The fraction of sp³-hybridized carbons (Fsp3) is 0.733. The molecule has 0 spiro atoms. The zero-order chi connectivity index (χ0) is 16.2. The van der Waals surface area contributed by atoms with E-state index in [1.54, 1.807) is 0 Å². The summed E-state index contributed by atoms with van der Waals surface area (Å²) in [5.41, 5.74) is 8.91. The third-order valence-electron chi connectivity index (χ3n) is 3.20. The van der Waals surface area contributed by atoms with E-state index in [0.717, 1.165) is 23.5 Å². The molecular formula is C15H28N4O2. The normalized spacial score (nSPS) is 13.1. The SMILES string of the molecule is CCn1nc(C)c(CC(N)CNC(=O)OC(C)(C)C)c1C. The van der Waals surface area contributed by atoms with Gasteiger partial charge in [-0.1, -0.05) is 0 Å². The minimum absolute atomic E-state index is 0.163. The number of nitrogens with two attached hydrogens (primary N) is 1. The molecule has 1 rings (SSSR count). The fourth-order valence-electron chi connectivity index (χ4n) is 2.20. The molecule has 1 heterocycles. The molecule has 21 heavy (non-hydrogen) atoms. The number of ether oxygens (including phenoxy) is 1. The number of hydrogen-bond donors (Lipinski definition) is 2. The summed E-state index contributed by atoms with van der Waals surface area (Å²) in [5, 5.41) is 7.18. The number of carbonyl (C=O) groups excluding carboxylic acids is 1. The molecule has 1 atom stereocenters. The van der Waals surface area contributed by atoms with Crippen LogP contribution in [-0.4, -0.2) is 34.1 Å². The summed E-state index contributed by atoms with van der Waals surface area (Å²) in [7, 11) is 0. The Bertz CT molecular complexity index is 489. The molecule has 0 saturated heterocycles. The van der Waals surface area contributed by atoms with Gasteiger partial charge < -0.3 is 15.8 Å². The highest BCUT2D eigenvalue weighted by molar-refractivity contribution is 5.67. The number of aromatic nitrogens is 2. The van der Waals surface area contributed by atoms with Crippen molar-refractivity contribution in [3.8, 4) is 0 Å². The lowest BCUT2D eigenvalue weighted by molar-refractivity contribution is 0.0524. The summed E-state index contributed by atoms with van der Waals surface area (Å²) >= 11 is 0. The average molecular weight is 296 g/mol. The maximum Gasteiger partial charge on any atom is 0.407 e. The van der Waals surface area contributed by atoms with Gasteiger partial charge in [0.1, 0.15) is 5.60 Å². The van der Waals surface area contributed by atoms with Crippen molar-refractivity contribution in [3.05, 3.63) is 17.0 Å². The van der Waals surface area contributed by atoms with Crippen molar-refractivity contribution in [2.75, 3.05) is 6.54 Å². The first-order valence-corrected chi connectivity index (χ1v) is 7.39. The molecule has 1 aromatic rings. The van der Waals surface area contributed by atoms with Crippen LogP contribution in [0.2, 0.25) is 0 Å². The van der Waals surface area contributed by atoms with Crippen molar-refractivity contribution in [1.82, 2.24) is 15.1 Å². The van der Waals surface area contributed by atoms with Gasteiger partial charge in [0.2, 0.25) is 0 Å². The predicted octanol–water partition coefficient (Wildman–Crippen LogP) is 1.91. The molecule has 1 aromatic heterocycles. The van der Waals surface area contributed by atoms with Crippen LogP contribution in [0.4, 0.5) is 4.79 Å². The Hall–Kier alpha value is -1.56. The summed E-state index contributed by atoms with van der Waals surface area (Å²) in [6.45, 7) is 12.8. The molecule has 0 aliphatic rings. The van der Waals surface area contributed by atoms with E-state index in [2.05, 4.69) is 17.3 Å². The van der Waals surface area contributed by atoms with Gasteiger partial charge in [-0.3, -0.25) is 4.68 Å². The van der Waals surface area contributed by atoms with Crippen molar-refractivity contribution in [2.24, 2.45) is 5.73 Å². The van der Waals surface area contributed by atoms with Gasteiger partial charge in [0.05, 0.1) is 5.69 Å². The standard InChI is InChI=1S/C15H28N4O2/c1-7-19-11(3)13(10(2)18-19)8-12(16)9-17-14(20)21-15(4,5)6/h12H,7-9,16H2,1-6H3,(H,17,20). The van der Waals surface area contributed by atoms with Gasteiger partial charge in [-0.2, -0.15) is 5.10 Å². The molecular weight excluding hydrogens is 268 g/mol. The van der Waals surface area contributed by atoms with Crippen molar-refractivity contribution < 1.29 is 9.53 Å². The number of hydrogen-bond acceptors (Lipinski definition) is 4. The highest BCUT2D eigenvalue weighted by atomic mass is 16.6. The zero-order valence-corrected chi connectivity index (χ0v) is 14.0. The van der Waals surface area contributed by atoms with E-state index < -0.39 is 11.7 Å². The first-order valence-electron chi connectivity index (χ1n) is 7.39. The molecule has 3 N–H and O–H groups in total. The van der Waals surface area contributed by atoms with E-state index in [9.17, 15) is 4.79 Å². The lowest BCUT2D eigenvalue weighted by Gasteiger charge is -2.20. The number of aryl methyl sites for hydroxylation is 2. The molecule has 6 nitrogen and oxygen atoms in total. The van der Waals surface area contributed by atoms with E-state index in [4.69, 9.17) is 10.5 Å². The molecule has 0 radical (unpaired) electrons. The maximum absolute atomic E-state index is 11.6. The minimum Gasteiger partial charge on any atom is -0.444 e. The number of amides is 1. The average Bonchev–Trinajstić information content (AvgIpc) is 2.62. The van der Waals surface area contributed by atoms with E-state index in [-0.39, 0.29) is 6.04 Å². The van der Waals surface area contributed by atoms with Gasteiger partial charge in [0.25, 0.3) is 0 Å². The van der Waals surface area contributed by atoms with E-state index >= 15 is 0 Å². The van der Waals surface area contributed by atoms with Crippen LogP contribution in [-0.2, 0) is 17.7 Å². The molecule has 0 aliphatic heterocycles. The highest BCUT2D eigenvalue weighted by Crippen LogP contribution is 2.14. The van der Waals surface area contributed by atoms with Crippen molar-refractivity contribution in [3.63, 3.8) is 0 Å². The molecule has 0 saturated carbocycles. The highest BCUT2D eigenvalue weighted by Gasteiger charge is 2.18. The van der Waals surface area contributed by atoms with Crippen LogP contribution in [0.1, 0.15) is 44.6 Å². The lowest BCUT2D eigenvalue weighted by Crippen LogP contribution is -2.41. The van der Waals surface area contributed by atoms with Crippen molar-refractivity contribution in [2.45, 2.75) is 66.2 Å².